The van der Waals surface area contributed by atoms with E-state index >= 15 is 0 Å². The first-order chi connectivity index (χ1) is 13.7. The van der Waals surface area contributed by atoms with Gasteiger partial charge in [-0.3, -0.25) is 4.79 Å². The van der Waals surface area contributed by atoms with Crippen molar-refractivity contribution >= 4 is 28.1 Å². The Balaban J connectivity index is 1.34. The Kier molecular flexibility index (Phi) is 4.24. The molecule has 5 rings (SSSR count). The van der Waals surface area contributed by atoms with Gasteiger partial charge in [-0.25, -0.2) is 4.98 Å². The minimum absolute atomic E-state index is 0.192. The molecule has 3 aromatic heterocycles. The van der Waals surface area contributed by atoms with Crippen LogP contribution in [0, 0.1) is 0 Å². The van der Waals surface area contributed by atoms with Crippen molar-refractivity contribution in [2.45, 2.75) is 24.3 Å². The largest absolute Gasteiger partial charge is 0.454 e. The monoisotopic (exact) mass is 415 g/mol. The molecule has 0 N–H and O–H groups in total. The number of fused-ring (bicyclic) bond motifs is 2. The molecule has 4 heterocycles. The van der Waals surface area contributed by atoms with Gasteiger partial charge >= 0.3 is 0 Å². The van der Waals surface area contributed by atoms with E-state index in [9.17, 15) is 4.79 Å². The average molecular weight is 415 g/mol. The molecular formula is C17H13N5O4S2. The second-order valence-electron chi connectivity index (χ2n) is 5.86. The van der Waals surface area contributed by atoms with E-state index in [-0.39, 0.29) is 12.4 Å². The Labute approximate surface area is 166 Å². The molecule has 0 aliphatic carbocycles. The lowest BCUT2D eigenvalue weighted by Crippen LogP contribution is -2.15. The highest BCUT2D eigenvalue weighted by molar-refractivity contribution is 7.98. The summed E-state index contributed by atoms with van der Waals surface area (Å²) >= 11 is 2.74. The number of ether oxygens (including phenoxy) is 2. The molecule has 4 aromatic rings. The van der Waals surface area contributed by atoms with E-state index in [0.717, 1.165) is 17.0 Å². The predicted molar refractivity (Wildman–Crippen MR) is 102 cm³/mol. The molecule has 1 aromatic carbocycles. The van der Waals surface area contributed by atoms with Gasteiger partial charge in [-0.2, -0.15) is 9.61 Å². The predicted octanol–water partition coefficient (Wildman–Crippen LogP) is 2.78. The van der Waals surface area contributed by atoms with Crippen molar-refractivity contribution in [1.82, 2.24) is 24.8 Å². The van der Waals surface area contributed by atoms with Crippen molar-refractivity contribution < 1.29 is 13.9 Å². The Morgan fingerprint density at radius 2 is 2.11 bits per heavy atom. The van der Waals surface area contributed by atoms with E-state index in [2.05, 4.69) is 20.3 Å². The topological polar surface area (TPSA) is 105 Å². The molecule has 28 heavy (non-hydrogen) atoms. The number of aryl methyl sites for hydroxylation is 1. The molecule has 1 aliphatic rings. The molecule has 11 heteroatoms. The van der Waals surface area contributed by atoms with Crippen molar-refractivity contribution in [2.24, 2.45) is 0 Å². The Morgan fingerprint density at radius 1 is 1.21 bits per heavy atom. The fourth-order valence-electron chi connectivity index (χ4n) is 2.66. The van der Waals surface area contributed by atoms with E-state index in [1.54, 1.807) is 12.1 Å². The van der Waals surface area contributed by atoms with Crippen molar-refractivity contribution in [1.29, 1.82) is 0 Å². The van der Waals surface area contributed by atoms with Gasteiger partial charge in [0.05, 0.1) is 5.69 Å². The molecule has 1 aliphatic heterocycles. The molecule has 0 spiro atoms. The number of hydrogen-bond donors (Lipinski definition) is 0. The Bertz CT molecular complexity index is 1230. The van der Waals surface area contributed by atoms with Crippen LogP contribution in [0.15, 0.2) is 38.7 Å². The molecule has 0 radical (unpaired) electrons. The van der Waals surface area contributed by atoms with E-state index in [1.807, 2.05) is 13.0 Å². The van der Waals surface area contributed by atoms with Crippen molar-refractivity contribution in [3.05, 3.63) is 45.3 Å². The SMILES string of the molecule is CCc1nn2c(=O)cc(CSc3nnc(-c4ccc5c(c4)OCO5)o3)nc2s1. The summed E-state index contributed by atoms with van der Waals surface area (Å²) in [5, 5.41) is 13.7. The third-order valence-electron chi connectivity index (χ3n) is 4.01. The maximum Gasteiger partial charge on any atom is 0.277 e. The van der Waals surface area contributed by atoms with Gasteiger partial charge in [-0.05, 0) is 24.6 Å². The first-order valence-corrected chi connectivity index (χ1v) is 10.2. The number of aromatic nitrogens is 5. The first kappa shape index (κ1) is 17.2. The molecule has 0 saturated heterocycles. The lowest BCUT2D eigenvalue weighted by molar-refractivity contribution is 0.174. The van der Waals surface area contributed by atoms with Crippen molar-refractivity contribution in [3.63, 3.8) is 0 Å². The van der Waals surface area contributed by atoms with Gasteiger partial charge in [0.2, 0.25) is 17.6 Å². The van der Waals surface area contributed by atoms with Crippen LogP contribution in [0.5, 0.6) is 11.5 Å². The van der Waals surface area contributed by atoms with Gasteiger partial charge in [0.1, 0.15) is 5.01 Å². The zero-order valence-corrected chi connectivity index (χ0v) is 16.2. The van der Waals surface area contributed by atoms with Gasteiger partial charge < -0.3 is 13.9 Å². The number of rotatable bonds is 5. The minimum Gasteiger partial charge on any atom is -0.454 e. The molecule has 0 bridgehead atoms. The molecule has 142 valence electrons. The number of benzene rings is 1. The summed E-state index contributed by atoms with van der Waals surface area (Å²) in [7, 11) is 0. The third kappa shape index (κ3) is 3.12. The molecule has 0 atom stereocenters. The summed E-state index contributed by atoms with van der Waals surface area (Å²) in [6.07, 6.45) is 0.766. The standard InChI is InChI=1S/C17H13N5O4S2/c1-2-13-21-22-14(23)6-10(18-16(22)28-13)7-27-17-20-19-15(26-17)9-3-4-11-12(5-9)25-8-24-11/h3-6H,2,7-8H2,1H3. The number of hydrogen-bond acceptors (Lipinski definition) is 10. The third-order valence-corrected chi connectivity index (χ3v) is 5.92. The summed E-state index contributed by atoms with van der Waals surface area (Å²) in [6, 6.07) is 6.92. The smallest absolute Gasteiger partial charge is 0.277 e. The van der Waals surface area contributed by atoms with Gasteiger partial charge in [0.25, 0.3) is 10.8 Å². The summed E-state index contributed by atoms with van der Waals surface area (Å²) < 4.78 is 17.7. The second-order valence-corrected chi connectivity index (χ2v) is 7.83. The van der Waals surface area contributed by atoms with Gasteiger partial charge in [-0.15, -0.1) is 10.2 Å². The minimum atomic E-state index is -0.192. The maximum atomic E-state index is 12.2. The van der Waals surface area contributed by atoms with E-state index in [1.165, 1.54) is 33.7 Å². The normalized spacial score (nSPS) is 12.8. The van der Waals surface area contributed by atoms with Crippen LogP contribution in [-0.4, -0.2) is 31.6 Å². The zero-order valence-electron chi connectivity index (χ0n) is 14.6. The van der Waals surface area contributed by atoms with Crippen LogP contribution in [0.1, 0.15) is 17.6 Å². The zero-order chi connectivity index (χ0) is 19.1. The average Bonchev–Trinajstić information content (AvgIpc) is 3.44. The highest BCUT2D eigenvalue weighted by Crippen LogP contribution is 2.36. The fraction of sp³-hybridized carbons (Fsp3) is 0.235. The van der Waals surface area contributed by atoms with Crippen LogP contribution < -0.4 is 15.0 Å². The van der Waals surface area contributed by atoms with Crippen LogP contribution in [0.4, 0.5) is 0 Å². The van der Waals surface area contributed by atoms with E-state index < -0.39 is 0 Å². The lowest BCUT2D eigenvalue weighted by Gasteiger charge is -1.98. The molecule has 9 nitrogen and oxygen atoms in total. The van der Waals surface area contributed by atoms with Crippen LogP contribution in [0.25, 0.3) is 16.4 Å². The second kappa shape index (κ2) is 6.91. The van der Waals surface area contributed by atoms with Gasteiger partial charge in [0.15, 0.2) is 11.5 Å². The van der Waals surface area contributed by atoms with Crippen molar-refractivity contribution in [3.8, 4) is 23.0 Å². The quantitative estimate of drug-likeness (QED) is 0.455. The molecule has 0 amide bonds. The number of thioether (sulfide) groups is 1. The lowest BCUT2D eigenvalue weighted by atomic mass is 10.2. The highest BCUT2D eigenvalue weighted by atomic mass is 32.2. The Hall–Kier alpha value is -2.92. The molecule has 0 saturated carbocycles. The summed E-state index contributed by atoms with van der Waals surface area (Å²) in [5.74, 6) is 2.17. The Morgan fingerprint density at radius 3 is 3.00 bits per heavy atom. The van der Waals surface area contributed by atoms with Crippen LogP contribution >= 0.6 is 23.1 Å². The summed E-state index contributed by atoms with van der Waals surface area (Å²) in [5.41, 5.74) is 1.20. The van der Waals surface area contributed by atoms with Gasteiger partial charge in [0, 0.05) is 17.4 Å². The summed E-state index contributed by atoms with van der Waals surface area (Å²) in [6.45, 7) is 2.20. The first-order valence-electron chi connectivity index (χ1n) is 8.44. The molecule has 0 fully saturated rings. The van der Waals surface area contributed by atoms with Crippen LogP contribution in [-0.2, 0) is 12.2 Å². The van der Waals surface area contributed by atoms with Crippen LogP contribution in [0.2, 0.25) is 0 Å². The van der Waals surface area contributed by atoms with Crippen LogP contribution in [0.3, 0.4) is 0 Å². The highest BCUT2D eigenvalue weighted by Gasteiger charge is 2.17. The number of nitrogens with zero attached hydrogens (tertiary/aromatic N) is 5. The van der Waals surface area contributed by atoms with Crippen molar-refractivity contribution in [2.75, 3.05) is 6.79 Å². The molecular weight excluding hydrogens is 402 g/mol. The van der Waals surface area contributed by atoms with Gasteiger partial charge in [-0.1, -0.05) is 30.0 Å². The fourth-order valence-corrected chi connectivity index (χ4v) is 4.18. The van der Waals surface area contributed by atoms with E-state index in [4.69, 9.17) is 13.9 Å². The van der Waals surface area contributed by atoms with E-state index in [0.29, 0.717) is 39.0 Å². The molecule has 0 unspecified atom stereocenters. The summed E-state index contributed by atoms with van der Waals surface area (Å²) in [4.78, 5) is 17.3. The maximum absolute atomic E-state index is 12.2.